The summed E-state index contributed by atoms with van der Waals surface area (Å²) in [6.45, 7) is 0.535. The second-order valence-corrected chi connectivity index (χ2v) is 4.19. The molecular formula is C10H11Cl2NO. The van der Waals surface area contributed by atoms with Gasteiger partial charge in [-0.3, -0.25) is 0 Å². The van der Waals surface area contributed by atoms with Crippen LogP contribution < -0.4 is 0 Å². The Kier molecular flexibility index (Phi) is 3.26. The minimum absolute atomic E-state index is 0.418. The number of aromatic nitrogens is 1. The standard InChI is InChI=1S/C10H11Cl2NO/c11-9-5-4-7(10(12)13-9)6-14-8-2-1-3-8/h4-5,8H,1-3,6H2. The Morgan fingerprint density at radius 3 is 2.71 bits per heavy atom. The summed E-state index contributed by atoms with van der Waals surface area (Å²) < 4.78 is 5.62. The normalized spacial score (nSPS) is 16.7. The van der Waals surface area contributed by atoms with Crippen LogP contribution in [0.1, 0.15) is 24.8 Å². The lowest BCUT2D eigenvalue weighted by molar-refractivity contribution is -0.00872. The number of pyridine rings is 1. The molecule has 1 aromatic heterocycles. The van der Waals surface area contributed by atoms with Crippen LogP contribution in [-0.2, 0) is 11.3 Å². The first-order chi connectivity index (χ1) is 6.75. The molecule has 1 aliphatic carbocycles. The van der Waals surface area contributed by atoms with Crippen LogP contribution in [-0.4, -0.2) is 11.1 Å². The van der Waals surface area contributed by atoms with Crippen LogP contribution in [0.4, 0.5) is 0 Å². The second kappa shape index (κ2) is 4.47. The third kappa shape index (κ3) is 2.38. The van der Waals surface area contributed by atoms with Crippen LogP contribution in [0.5, 0.6) is 0 Å². The van der Waals surface area contributed by atoms with E-state index in [2.05, 4.69) is 4.98 Å². The van der Waals surface area contributed by atoms with Gasteiger partial charge in [0.05, 0.1) is 12.7 Å². The Balaban J connectivity index is 1.94. The Morgan fingerprint density at radius 2 is 2.14 bits per heavy atom. The maximum atomic E-state index is 5.90. The van der Waals surface area contributed by atoms with Crippen LogP contribution in [0.2, 0.25) is 10.3 Å². The van der Waals surface area contributed by atoms with Crippen molar-refractivity contribution in [2.45, 2.75) is 32.0 Å². The molecule has 0 amide bonds. The number of nitrogens with zero attached hydrogens (tertiary/aromatic N) is 1. The molecule has 0 N–H and O–H groups in total. The maximum absolute atomic E-state index is 5.90. The highest BCUT2D eigenvalue weighted by molar-refractivity contribution is 6.32. The quantitative estimate of drug-likeness (QED) is 0.744. The number of ether oxygens (including phenoxy) is 1. The summed E-state index contributed by atoms with van der Waals surface area (Å²) in [5.41, 5.74) is 0.906. The summed E-state index contributed by atoms with van der Waals surface area (Å²) in [5, 5.41) is 0.860. The van der Waals surface area contributed by atoms with Gasteiger partial charge >= 0.3 is 0 Å². The summed E-state index contributed by atoms with van der Waals surface area (Å²) in [5.74, 6) is 0. The van der Waals surface area contributed by atoms with Crippen molar-refractivity contribution < 1.29 is 4.74 Å². The lowest BCUT2D eigenvalue weighted by atomic mass is 9.96. The van der Waals surface area contributed by atoms with Crippen LogP contribution in [0, 0.1) is 0 Å². The first kappa shape index (κ1) is 10.2. The molecule has 0 unspecified atom stereocenters. The molecule has 0 aliphatic heterocycles. The highest BCUT2D eigenvalue weighted by Crippen LogP contribution is 2.24. The van der Waals surface area contributed by atoms with Gasteiger partial charge in [0.1, 0.15) is 10.3 Å². The van der Waals surface area contributed by atoms with Crippen molar-refractivity contribution in [2.24, 2.45) is 0 Å². The summed E-state index contributed by atoms with van der Waals surface area (Å²) in [4.78, 5) is 3.95. The van der Waals surface area contributed by atoms with Crippen molar-refractivity contribution in [3.8, 4) is 0 Å². The van der Waals surface area contributed by atoms with Gasteiger partial charge in [-0.1, -0.05) is 29.3 Å². The maximum Gasteiger partial charge on any atom is 0.136 e. The Labute approximate surface area is 93.2 Å². The molecule has 1 saturated carbocycles. The molecule has 0 spiro atoms. The minimum atomic E-state index is 0.418. The topological polar surface area (TPSA) is 22.1 Å². The van der Waals surface area contributed by atoms with E-state index in [1.165, 1.54) is 19.3 Å². The molecule has 2 nitrogen and oxygen atoms in total. The van der Waals surface area contributed by atoms with Crippen LogP contribution in [0.3, 0.4) is 0 Å². The summed E-state index contributed by atoms with van der Waals surface area (Å²) in [6.07, 6.45) is 4.02. The molecule has 0 atom stereocenters. The number of halogens is 2. The molecule has 1 fully saturated rings. The highest BCUT2D eigenvalue weighted by Gasteiger charge is 2.18. The van der Waals surface area contributed by atoms with Gasteiger partial charge in [0.15, 0.2) is 0 Å². The smallest absolute Gasteiger partial charge is 0.136 e. The average molecular weight is 232 g/mol. The third-order valence-corrected chi connectivity index (χ3v) is 2.96. The van der Waals surface area contributed by atoms with Gasteiger partial charge < -0.3 is 4.74 Å². The molecule has 1 aromatic rings. The monoisotopic (exact) mass is 231 g/mol. The Morgan fingerprint density at radius 1 is 1.36 bits per heavy atom. The predicted molar refractivity (Wildman–Crippen MR) is 56.7 cm³/mol. The van der Waals surface area contributed by atoms with E-state index in [1.54, 1.807) is 6.07 Å². The van der Waals surface area contributed by atoms with E-state index >= 15 is 0 Å². The van der Waals surface area contributed by atoms with Crippen molar-refractivity contribution >= 4 is 23.2 Å². The van der Waals surface area contributed by atoms with Crippen LogP contribution in [0.15, 0.2) is 12.1 Å². The molecule has 1 aliphatic rings. The zero-order valence-electron chi connectivity index (χ0n) is 7.67. The highest BCUT2D eigenvalue weighted by atomic mass is 35.5. The van der Waals surface area contributed by atoms with E-state index in [4.69, 9.17) is 27.9 Å². The van der Waals surface area contributed by atoms with E-state index in [0.29, 0.717) is 23.0 Å². The number of hydrogen-bond acceptors (Lipinski definition) is 2. The fraction of sp³-hybridized carbons (Fsp3) is 0.500. The molecule has 0 aromatic carbocycles. The molecule has 1 heterocycles. The minimum Gasteiger partial charge on any atom is -0.373 e. The van der Waals surface area contributed by atoms with Gasteiger partial charge in [0.25, 0.3) is 0 Å². The Hall–Kier alpha value is -0.310. The van der Waals surface area contributed by atoms with E-state index in [1.807, 2.05) is 6.07 Å². The second-order valence-electron chi connectivity index (χ2n) is 3.45. The van der Waals surface area contributed by atoms with E-state index < -0.39 is 0 Å². The molecule has 4 heteroatoms. The first-order valence-corrected chi connectivity index (χ1v) is 5.44. The number of hydrogen-bond donors (Lipinski definition) is 0. The molecule has 0 bridgehead atoms. The molecular weight excluding hydrogens is 221 g/mol. The van der Waals surface area contributed by atoms with Crippen molar-refractivity contribution in [3.05, 3.63) is 28.0 Å². The lowest BCUT2D eigenvalue weighted by Crippen LogP contribution is -2.21. The van der Waals surface area contributed by atoms with Crippen LogP contribution in [0.25, 0.3) is 0 Å². The zero-order chi connectivity index (χ0) is 9.97. The molecule has 2 rings (SSSR count). The summed E-state index contributed by atoms with van der Waals surface area (Å²) in [7, 11) is 0. The van der Waals surface area contributed by atoms with Crippen molar-refractivity contribution in [1.29, 1.82) is 0 Å². The molecule has 0 saturated heterocycles. The molecule has 0 radical (unpaired) electrons. The molecule has 14 heavy (non-hydrogen) atoms. The lowest BCUT2D eigenvalue weighted by Gasteiger charge is -2.25. The average Bonchev–Trinajstić information content (AvgIpc) is 2.05. The van der Waals surface area contributed by atoms with Gasteiger partial charge in [-0.25, -0.2) is 4.98 Å². The van der Waals surface area contributed by atoms with Crippen molar-refractivity contribution in [1.82, 2.24) is 4.98 Å². The first-order valence-electron chi connectivity index (χ1n) is 4.68. The Bertz CT molecular complexity index is 326. The van der Waals surface area contributed by atoms with Gasteiger partial charge in [-0.15, -0.1) is 0 Å². The van der Waals surface area contributed by atoms with E-state index in [0.717, 1.165) is 5.56 Å². The van der Waals surface area contributed by atoms with Gasteiger partial charge in [-0.05, 0) is 25.3 Å². The fourth-order valence-corrected chi connectivity index (χ4v) is 1.69. The third-order valence-electron chi connectivity index (χ3n) is 2.42. The summed E-state index contributed by atoms with van der Waals surface area (Å²) >= 11 is 11.6. The van der Waals surface area contributed by atoms with Crippen LogP contribution >= 0.6 is 23.2 Å². The molecule has 76 valence electrons. The van der Waals surface area contributed by atoms with Crippen molar-refractivity contribution in [2.75, 3.05) is 0 Å². The predicted octanol–water partition coefficient (Wildman–Crippen LogP) is 3.46. The zero-order valence-corrected chi connectivity index (χ0v) is 9.18. The van der Waals surface area contributed by atoms with E-state index in [-0.39, 0.29) is 0 Å². The van der Waals surface area contributed by atoms with E-state index in [9.17, 15) is 0 Å². The SMILES string of the molecule is Clc1ccc(COC2CCC2)c(Cl)n1. The largest absolute Gasteiger partial charge is 0.373 e. The van der Waals surface area contributed by atoms with Gasteiger partial charge in [0.2, 0.25) is 0 Å². The number of rotatable bonds is 3. The van der Waals surface area contributed by atoms with Crippen molar-refractivity contribution in [3.63, 3.8) is 0 Å². The fourth-order valence-electron chi connectivity index (χ4n) is 1.29. The van der Waals surface area contributed by atoms with Gasteiger partial charge in [0, 0.05) is 5.56 Å². The van der Waals surface area contributed by atoms with Gasteiger partial charge in [-0.2, -0.15) is 0 Å². The summed E-state index contributed by atoms with van der Waals surface area (Å²) in [6, 6.07) is 3.59.